The normalized spacial score (nSPS) is 16.4. The van der Waals surface area contributed by atoms with Gasteiger partial charge in [-0.1, -0.05) is 57.9 Å². The summed E-state index contributed by atoms with van der Waals surface area (Å²) < 4.78 is 25.9. The predicted molar refractivity (Wildman–Crippen MR) is 74.4 cm³/mol. The quantitative estimate of drug-likeness (QED) is 0.772. The van der Waals surface area contributed by atoms with Crippen LogP contribution in [-0.4, -0.2) is 11.5 Å². The number of halogens is 2. The van der Waals surface area contributed by atoms with Gasteiger partial charge in [-0.15, -0.1) is 0 Å². The highest BCUT2D eigenvalue weighted by atomic mass is 19.3. The van der Waals surface area contributed by atoms with Crippen LogP contribution in [0.1, 0.15) is 51.2 Å². The maximum Gasteiger partial charge on any atom is 0.244 e. The molecule has 2 unspecified atom stereocenters. The predicted octanol–water partition coefficient (Wildman–Crippen LogP) is 4.53. The third-order valence-corrected chi connectivity index (χ3v) is 3.75. The molecule has 0 heterocycles. The van der Waals surface area contributed by atoms with Crippen LogP contribution in [0.15, 0.2) is 24.3 Å². The fourth-order valence-electron chi connectivity index (χ4n) is 2.47. The lowest BCUT2D eigenvalue weighted by atomic mass is 9.79. The highest BCUT2D eigenvalue weighted by Crippen LogP contribution is 2.37. The van der Waals surface area contributed by atoms with E-state index in [4.69, 9.17) is 0 Å². The van der Waals surface area contributed by atoms with Crippen LogP contribution < -0.4 is 0 Å². The van der Waals surface area contributed by atoms with Crippen LogP contribution in [0, 0.1) is 5.92 Å². The first kappa shape index (κ1) is 16.1. The molecule has 0 amide bonds. The van der Waals surface area contributed by atoms with Crippen molar-refractivity contribution in [2.24, 2.45) is 5.92 Å². The van der Waals surface area contributed by atoms with Gasteiger partial charge in [0.25, 0.3) is 0 Å². The van der Waals surface area contributed by atoms with E-state index < -0.39 is 17.9 Å². The summed E-state index contributed by atoms with van der Waals surface area (Å²) in [7, 11) is 0. The number of hydrogen-bond donors (Lipinski definition) is 1. The average Bonchev–Trinajstić information content (AvgIpc) is 2.39. The molecule has 2 atom stereocenters. The van der Waals surface area contributed by atoms with Crippen LogP contribution in [0.25, 0.3) is 0 Å². The maximum atomic E-state index is 13.0. The van der Waals surface area contributed by atoms with Gasteiger partial charge in [-0.05, 0) is 24.0 Å². The molecule has 0 saturated heterocycles. The molecule has 0 aliphatic rings. The van der Waals surface area contributed by atoms with Gasteiger partial charge in [-0.25, -0.2) is 8.78 Å². The zero-order chi connectivity index (χ0) is 14.5. The summed E-state index contributed by atoms with van der Waals surface area (Å²) in [6, 6.07) is 7.44. The lowest BCUT2D eigenvalue weighted by Gasteiger charge is -2.34. The van der Waals surface area contributed by atoms with Gasteiger partial charge in [-0.2, -0.15) is 0 Å². The molecule has 1 aromatic carbocycles. The lowest BCUT2D eigenvalue weighted by Crippen LogP contribution is -2.37. The highest BCUT2D eigenvalue weighted by molar-refractivity contribution is 5.28. The summed E-state index contributed by atoms with van der Waals surface area (Å²) >= 11 is 0. The van der Waals surface area contributed by atoms with Crippen LogP contribution in [0.3, 0.4) is 0 Å². The van der Waals surface area contributed by atoms with Crippen molar-refractivity contribution in [1.82, 2.24) is 0 Å². The van der Waals surface area contributed by atoms with E-state index in [9.17, 15) is 13.9 Å². The minimum atomic E-state index is -2.52. The summed E-state index contributed by atoms with van der Waals surface area (Å²) in [5.41, 5.74) is 0.338. The average molecular weight is 270 g/mol. The fourth-order valence-corrected chi connectivity index (χ4v) is 2.47. The Bertz CT molecular complexity index is 375. The van der Waals surface area contributed by atoms with Gasteiger partial charge in [0.2, 0.25) is 6.43 Å². The van der Waals surface area contributed by atoms with E-state index in [1.807, 2.05) is 19.1 Å². The number of hydrogen-bond acceptors (Lipinski definition) is 1. The summed E-state index contributed by atoms with van der Waals surface area (Å²) in [6.45, 7) is 5.41. The third-order valence-electron chi connectivity index (χ3n) is 3.75. The Morgan fingerprint density at radius 1 is 1.11 bits per heavy atom. The second-order valence-corrected chi connectivity index (χ2v) is 5.24. The Morgan fingerprint density at radius 2 is 1.68 bits per heavy atom. The van der Waals surface area contributed by atoms with Crippen LogP contribution in [-0.2, 0) is 12.0 Å². The molecule has 0 bridgehead atoms. The molecule has 1 aromatic rings. The van der Waals surface area contributed by atoms with Gasteiger partial charge >= 0.3 is 0 Å². The van der Waals surface area contributed by atoms with Crippen LogP contribution >= 0.6 is 0 Å². The van der Waals surface area contributed by atoms with Crippen molar-refractivity contribution in [3.63, 3.8) is 0 Å². The van der Waals surface area contributed by atoms with Crippen molar-refractivity contribution >= 4 is 0 Å². The monoisotopic (exact) mass is 270 g/mol. The smallest absolute Gasteiger partial charge is 0.244 e. The summed E-state index contributed by atoms with van der Waals surface area (Å²) in [4.78, 5) is 0. The molecule has 19 heavy (non-hydrogen) atoms. The fraction of sp³-hybridized carbons (Fsp3) is 0.625. The molecule has 0 spiro atoms. The van der Waals surface area contributed by atoms with Crippen LogP contribution in [0.2, 0.25) is 0 Å². The minimum absolute atomic E-state index is 0.353. The second-order valence-electron chi connectivity index (χ2n) is 5.24. The number of benzene rings is 1. The SMILES string of the molecule is CCCc1ccc(C(O)(CCC)C(C)C(F)F)cc1. The molecule has 1 rings (SSSR count). The Kier molecular flexibility index (Phi) is 5.92. The highest BCUT2D eigenvalue weighted by Gasteiger charge is 2.39. The van der Waals surface area contributed by atoms with E-state index in [1.54, 1.807) is 12.1 Å². The lowest BCUT2D eigenvalue weighted by molar-refractivity contribution is -0.0879. The van der Waals surface area contributed by atoms with Crippen LogP contribution in [0.4, 0.5) is 8.78 Å². The molecule has 0 saturated carbocycles. The third kappa shape index (κ3) is 3.75. The second kappa shape index (κ2) is 6.99. The zero-order valence-electron chi connectivity index (χ0n) is 12.0. The molecule has 0 fully saturated rings. The van der Waals surface area contributed by atoms with E-state index in [2.05, 4.69) is 6.92 Å². The van der Waals surface area contributed by atoms with E-state index in [0.29, 0.717) is 18.4 Å². The number of aryl methyl sites for hydroxylation is 1. The largest absolute Gasteiger partial charge is 0.385 e. The Labute approximate surface area is 114 Å². The van der Waals surface area contributed by atoms with Crippen molar-refractivity contribution in [2.45, 2.75) is 58.5 Å². The van der Waals surface area contributed by atoms with Gasteiger partial charge in [0.15, 0.2) is 0 Å². The van der Waals surface area contributed by atoms with E-state index in [1.165, 1.54) is 12.5 Å². The molecule has 1 N–H and O–H groups in total. The van der Waals surface area contributed by atoms with Crippen molar-refractivity contribution in [2.75, 3.05) is 0 Å². The number of rotatable bonds is 7. The summed E-state index contributed by atoms with van der Waals surface area (Å²) in [5.74, 6) is -1.07. The standard InChI is InChI=1S/C16H24F2O/c1-4-6-13-7-9-14(10-8-13)16(19,11-5-2)12(3)15(17)18/h7-10,12,15,19H,4-6,11H2,1-3H3. The maximum absolute atomic E-state index is 13.0. The van der Waals surface area contributed by atoms with Crippen molar-refractivity contribution in [1.29, 1.82) is 0 Å². The Morgan fingerprint density at radius 3 is 2.11 bits per heavy atom. The zero-order valence-corrected chi connectivity index (χ0v) is 12.0. The molecule has 1 nitrogen and oxygen atoms in total. The van der Waals surface area contributed by atoms with Crippen molar-refractivity contribution < 1.29 is 13.9 Å². The van der Waals surface area contributed by atoms with Gasteiger partial charge in [-0.3, -0.25) is 0 Å². The molecule has 0 aliphatic heterocycles. The molecule has 0 aromatic heterocycles. The van der Waals surface area contributed by atoms with E-state index in [0.717, 1.165) is 12.8 Å². The molecule has 108 valence electrons. The first-order valence-corrected chi connectivity index (χ1v) is 7.05. The minimum Gasteiger partial charge on any atom is -0.385 e. The first-order chi connectivity index (χ1) is 8.95. The van der Waals surface area contributed by atoms with E-state index >= 15 is 0 Å². The van der Waals surface area contributed by atoms with Crippen molar-refractivity contribution in [3.05, 3.63) is 35.4 Å². The van der Waals surface area contributed by atoms with Crippen molar-refractivity contribution in [3.8, 4) is 0 Å². The van der Waals surface area contributed by atoms with Gasteiger partial charge in [0, 0.05) is 0 Å². The van der Waals surface area contributed by atoms with Crippen LogP contribution in [0.5, 0.6) is 0 Å². The summed E-state index contributed by atoms with van der Waals surface area (Å²) in [6.07, 6.45) is 0.519. The topological polar surface area (TPSA) is 20.2 Å². The molecular formula is C16H24F2O. The molecule has 0 aliphatic carbocycles. The van der Waals surface area contributed by atoms with Gasteiger partial charge in [0.05, 0.1) is 11.5 Å². The summed E-state index contributed by atoms with van der Waals surface area (Å²) in [5, 5.41) is 10.7. The molecular weight excluding hydrogens is 246 g/mol. The van der Waals surface area contributed by atoms with Gasteiger partial charge in [0.1, 0.15) is 0 Å². The first-order valence-electron chi connectivity index (χ1n) is 7.05. The Balaban J connectivity index is 3.04. The van der Waals surface area contributed by atoms with E-state index in [-0.39, 0.29) is 0 Å². The Hall–Kier alpha value is -0.960. The number of alkyl halides is 2. The number of aliphatic hydroxyl groups is 1. The molecule has 0 radical (unpaired) electrons. The van der Waals surface area contributed by atoms with Gasteiger partial charge < -0.3 is 5.11 Å². The molecule has 3 heteroatoms.